The quantitative estimate of drug-likeness (QED) is 0.127. The molecule has 15 heteroatoms. The van der Waals surface area contributed by atoms with Crippen molar-refractivity contribution in [3.05, 3.63) is 93.7 Å². The zero-order valence-corrected chi connectivity index (χ0v) is 28.6. The predicted molar refractivity (Wildman–Crippen MR) is 179 cm³/mol. The first kappa shape index (κ1) is 35.0. The van der Waals surface area contributed by atoms with Crippen molar-refractivity contribution in [1.29, 1.82) is 0 Å². The van der Waals surface area contributed by atoms with Crippen molar-refractivity contribution in [1.82, 2.24) is 34.7 Å². The van der Waals surface area contributed by atoms with Gasteiger partial charge in [-0.2, -0.15) is 13.9 Å². The minimum Gasteiger partial charge on any atom is -0.368 e. The molecule has 2 aliphatic carbocycles. The van der Waals surface area contributed by atoms with Gasteiger partial charge >= 0.3 is 0 Å². The van der Waals surface area contributed by atoms with Crippen LogP contribution in [0.2, 0.25) is 0 Å². The number of hydrogen-bond donors (Lipinski definition) is 2. The maximum Gasteiger partial charge on any atom is 0.293 e. The maximum absolute atomic E-state index is 15.2. The predicted octanol–water partition coefficient (Wildman–Crippen LogP) is 6.84. The van der Waals surface area contributed by atoms with Crippen molar-refractivity contribution in [2.75, 3.05) is 12.3 Å². The average molecular weight is 721 g/mol. The van der Waals surface area contributed by atoms with Gasteiger partial charge in [0, 0.05) is 52.2 Å². The third-order valence-corrected chi connectivity index (χ3v) is 9.35. The Morgan fingerprint density at radius 1 is 1.06 bits per heavy atom. The van der Waals surface area contributed by atoms with Gasteiger partial charge in [0.15, 0.2) is 5.65 Å². The minimum atomic E-state index is -3.40. The molecule has 1 aromatic carbocycles. The van der Waals surface area contributed by atoms with E-state index in [1.54, 1.807) is 22.6 Å². The van der Waals surface area contributed by atoms with Crippen molar-refractivity contribution in [2.24, 2.45) is 11.3 Å². The summed E-state index contributed by atoms with van der Waals surface area (Å²) in [5.74, 6) is -2.03. The number of nitrogens with one attached hydrogen (secondary N) is 1. The Balaban J connectivity index is 1.29. The van der Waals surface area contributed by atoms with Crippen LogP contribution in [-0.4, -0.2) is 41.8 Å². The first-order chi connectivity index (χ1) is 24.5. The molecule has 1 fully saturated rings. The molecule has 0 aliphatic heterocycles. The highest BCUT2D eigenvalue weighted by Crippen LogP contribution is 2.68. The number of fused-ring (bicyclic) bond motifs is 4. The molecule has 0 spiro atoms. The van der Waals surface area contributed by atoms with Crippen molar-refractivity contribution in [3.63, 3.8) is 0 Å². The number of alkyl halides is 4. The van der Waals surface area contributed by atoms with E-state index in [1.807, 2.05) is 33.8 Å². The number of nitrogens with two attached hydrogens (primary N) is 1. The van der Waals surface area contributed by atoms with Crippen LogP contribution >= 0.6 is 0 Å². The van der Waals surface area contributed by atoms with Gasteiger partial charge in [-0.15, -0.1) is 10.2 Å². The van der Waals surface area contributed by atoms with E-state index >= 15 is 8.78 Å². The number of carbonyl (C=O) groups is 1. The molecule has 7 rings (SSSR count). The molecular formula is C37H34F6N8O. The molecule has 3 atom stereocenters. The van der Waals surface area contributed by atoms with Gasteiger partial charge in [0.25, 0.3) is 12.3 Å². The molecule has 9 nitrogen and oxygen atoms in total. The van der Waals surface area contributed by atoms with Gasteiger partial charge in [-0.3, -0.25) is 13.9 Å². The molecule has 0 bridgehead atoms. The first-order valence-electron chi connectivity index (χ1n) is 16.6. The summed E-state index contributed by atoms with van der Waals surface area (Å²) < 4.78 is 89.3. The van der Waals surface area contributed by atoms with Crippen molar-refractivity contribution < 1.29 is 31.1 Å². The minimum absolute atomic E-state index is 0.0315. The van der Waals surface area contributed by atoms with Gasteiger partial charge in [-0.05, 0) is 94.3 Å². The van der Waals surface area contributed by atoms with Crippen LogP contribution in [0.25, 0.3) is 16.8 Å². The van der Waals surface area contributed by atoms with Gasteiger partial charge in [0.05, 0.1) is 5.69 Å². The van der Waals surface area contributed by atoms with Gasteiger partial charge in [-0.25, -0.2) is 22.5 Å². The third kappa shape index (κ3) is 6.46. The van der Waals surface area contributed by atoms with Crippen LogP contribution in [0.1, 0.15) is 85.0 Å². The van der Waals surface area contributed by atoms with E-state index in [0.29, 0.717) is 32.8 Å². The molecule has 1 saturated carbocycles. The summed E-state index contributed by atoms with van der Waals surface area (Å²) >= 11 is 0. The van der Waals surface area contributed by atoms with E-state index in [4.69, 9.17) is 10.7 Å². The number of amides is 1. The molecule has 0 saturated heterocycles. The van der Waals surface area contributed by atoms with Crippen LogP contribution in [0.4, 0.5) is 32.3 Å². The largest absolute Gasteiger partial charge is 0.368 e. The van der Waals surface area contributed by atoms with E-state index in [9.17, 15) is 22.4 Å². The Hall–Kier alpha value is -5.39. The fourth-order valence-electron chi connectivity index (χ4n) is 7.00. The van der Waals surface area contributed by atoms with Crippen molar-refractivity contribution in [2.45, 2.75) is 71.3 Å². The smallest absolute Gasteiger partial charge is 0.293 e. The maximum atomic E-state index is 15.2. The van der Waals surface area contributed by atoms with Crippen LogP contribution in [0.15, 0.2) is 42.5 Å². The number of aromatic nitrogens is 6. The summed E-state index contributed by atoms with van der Waals surface area (Å²) in [7, 11) is 0. The summed E-state index contributed by atoms with van der Waals surface area (Å²) in [6, 6.07) is 10.2. The van der Waals surface area contributed by atoms with Crippen LogP contribution in [0, 0.1) is 41.7 Å². The number of pyridine rings is 2. The monoisotopic (exact) mass is 720 g/mol. The second-order valence-electron chi connectivity index (χ2n) is 14.4. The lowest BCUT2D eigenvalue weighted by molar-refractivity contribution is -0.122. The van der Waals surface area contributed by atoms with Crippen molar-refractivity contribution in [3.8, 4) is 23.0 Å². The Morgan fingerprint density at radius 2 is 1.77 bits per heavy atom. The number of nitrogens with zero attached hydrogens (tertiary/aromatic N) is 6. The second kappa shape index (κ2) is 12.7. The van der Waals surface area contributed by atoms with Crippen LogP contribution in [0.5, 0.6) is 0 Å². The lowest BCUT2D eigenvalue weighted by atomic mass is 9.89. The number of halogens is 6. The molecule has 1 amide bonds. The van der Waals surface area contributed by atoms with Crippen molar-refractivity contribution >= 4 is 17.5 Å². The van der Waals surface area contributed by atoms with Crippen LogP contribution in [0.3, 0.4) is 0 Å². The lowest BCUT2D eigenvalue weighted by Gasteiger charge is -2.22. The number of carbonyl (C=O) groups excluding carboxylic acids is 1. The lowest BCUT2D eigenvalue weighted by Crippen LogP contribution is -2.34. The standard InChI is InChI=1S/C37H34F6N8O/c1-18-5-7-25(34-47-48-35(44)51(18)34)24-8-6-23(9-10-36(2,3)4)46-30(24)20(11-19-12-21(38)14-22(39)13-19)16-45-28(52)17-50-32-29(31(49-50)33(40)41)26-15-27(26)37(32,42)43/h5-8,12-14,20,26-27,33H,11,15-17H2,1-4H3,(H2,44,48)(H,45,52)/t20-,26+,27-/m1/s1. The fraction of sp³-hybridized carbons (Fsp3) is 0.378. The number of benzene rings is 1. The highest BCUT2D eigenvalue weighted by Gasteiger charge is 2.67. The van der Waals surface area contributed by atoms with E-state index in [1.165, 1.54) is 0 Å². The zero-order valence-electron chi connectivity index (χ0n) is 28.6. The van der Waals surface area contributed by atoms with E-state index in [-0.39, 0.29) is 41.9 Å². The van der Waals surface area contributed by atoms with Crippen LogP contribution < -0.4 is 11.1 Å². The summed E-state index contributed by atoms with van der Waals surface area (Å²) in [6.07, 6.45) is -3.03. The second-order valence-corrected chi connectivity index (χ2v) is 14.4. The average Bonchev–Trinajstić information content (AvgIpc) is 3.55. The molecule has 5 aromatic rings. The van der Waals surface area contributed by atoms with Gasteiger partial charge in [0.1, 0.15) is 35.3 Å². The molecule has 270 valence electrons. The SMILES string of the molecule is Cc1ccc(-c2ccc(C#CC(C)(C)C)nc2[C@@H](CNC(=O)Cn2nc(C(F)F)c3c2C(F)(F)[C@@H]2C[C@H]32)Cc2cc(F)cc(F)c2)c2nnc(N)n12. The summed E-state index contributed by atoms with van der Waals surface area (Å²) in [5, 5.41) is 14.8. The highest BCUT2D eigenvalue weighted by molar-refractivity contribution is 5.81. The Kier molecular flexibility index (Phi) is 8.54. The topological polar surface area (TPSA) is 116 Å². The summed E-state index contributed by atoms with van der Waals surface area (Å²) in [4.78, 5) is 18.3. The number of aryl methyl sites for hydroxylation is 1. The first-order valence-corrected chi connectivity index (χ1v) is 16.6. The van der Waals surface area contributed by atoms with Gasteiger partial charge in [0.2, 0.25) is 11.9 Å². The Bertz CT molecular complexity index is 2280. The fourth-order valence-corrected chi connectivity index (χ4v) is 7.00. The molecule has 0 unspecified atom stereocenters. The molecule has 0 radical (unpaired) electrons. The summed E-state index contributed by atoms with van der Waals surface area (Å²) in [6.45, 7) is 6.68. The molecule has 2 aliphatic rings. The molecule has 4 heterocycles. The normalized spacial score (nSPS) is 17.8. The molecule has 4 aromatic heterocycles. The molecule has 52 heavy (non-hydrogen) atoms. The van der Waals surface area contributed by atoms with Gasteiger partial charge in [-0.1, -0.05) is 5.92 Å². The Labute approximate surface area is 294 Å². The zero-order chi connectivity index (χ0) is 37.3. The number of anilines is 1. The molecular weight excluding hydrogens is 686 g/mol. The third-order valence-electron chi connectivity index (χ3n) is 9.35. The highest BCUT2D eigenvalue weighted by atomic mass is 19.3. The Morgan fingerprint density at radius 3 is 2.46 bits per heavy atom. The number of hydrogen-bond acceptors (Lipinski definition) is 6. The van der Waals surface area contributed by atoms with E-state index in [0.717, 1.165) is 23.9 Å². The van der Waals surface area contributed by atoms with E-state index in [2.05, 4.69) is 32.5 Å². The summed E-state index contributed by atoms with van der Waals surface area (Å²) in [5.41, 5.74) is 7.47. The molecule has 3 N–H and O–H groups in total. The van der Waals surface area contributed by atoms with Gasteiger partial charge < -0.3 is 11.1 Å². The van der Waals surface area contributed by atoms with E-state index < -0.39 is 65.6 Å². The van der Waals surface area contributed by atoms with Crippen LogP contribution in [-0.2, 0) is 23.7 Å². The number of nitrogen functional groups attached to an aromatic ring is 1. The number of rotatable bonds is 9.